The Balaban J connectivity index is 2.71. The number of benzene rings is 1. The second-order valence-electron chi connectivity index (χ2n) is 4.69. The first-order valence-corrected chi connectivity index (χ1v) is 6.85. The van der Waals surface area contributed by atoms with Crippen molar-refractivity contribution in [1.29, 1.82) is 0 Å². The van der Waals surface area contributed by atoms with E-state index in [2.05, 4.69) is 5.32 Å². The Kier molecular flexibility index (Phi) is 7.01. The molecule has 1 unspecified atom stereocenters. The van der Waals surface area contributed by atoms with Crippen molar-refractivity contribution >= 4 is 5.91 Å². The fraction of sp³-hybridized carbons (Fsp3) is 0.533. The molecule has 4 nitrogen and oxygen atoms in total. The van der Waals surface area contributed by atoms with Crippen molar-refractivity contribution < 1.29 is 19.0 Å². The normalized spacial score (nSPS) is 12.0. The molecule has 0 radical (unpaired) electrons. The Labute approximate surface area is 119 Å². The number of ether oxygens (including phenoxy) is 1. The second-order valence-corrected chi connectivity index (χ2v) is 4.69. The minimum Gasteiger partial charge on any atom is -0.496 e. The molecule has 1 atom stereocenters. The van der Waals surface area contributed by atoms with Crippen LogP contribution in [0.4, 0.5) is 4.39 Å². The Morgan fingerprint density at radius 2 is 2.20 bits per heavy atom. The Hall–Kier alpha value is -1.62. The Morgan fingerprint density at radius 1 is 1.45 bits per heavy atom. The van der Waals surface area contributed by atoms with Crippen molar-refractivity contribution in [1.82, 2.24) is 5.32 Å². The number of aliphatic hydroxyl groups is 1. The number of methoxy groups -OCH3 is 1. The number of hydrogen-bond acceptors (Lipinski definition) is 3. The lowest BCUT2D eigenvalue weighted by Crippen LogP contribution is -2.30. The summed E-state index contributed by atoms with van der Waals surface area (Å²) >= 11 is 0. The minimum atomic E-state index is -0.601. The number of aliphatic hydroxyl groups excluding tert-OH is 1. The third kappa shape index (κ3) is 4.49. The summed E-state index contributed by atoms with van der Waals surface area (Å²) < 4.78 is 18.7. The third-order valence-corrected chi connectivity index (χ3v) is 3.21. The highest BCUT2D eigenvalue weighted by Gasteiger charge is 2.18. The van der Waals surface area contributed by atoms with Crippen LogP contribution in [0.15, 0.2) is 18.2 Å². The number of amides is 1. The van der Waals surface area contributed by atoms with E-state index >= 15 is 0 Å². The van der Waals surface area contributed by atoms with E-state index in [4.69, 9.17) is 9.84 Å². The maximum absolute atomic E-state index is 13.7. The van der Waals surface area contributed by atoms with Crippen LogP contribution in [0.3, 0.4) is 0 Å². The summed E-state index contributed by atoms with van der Waals surface area (Å²) in [5.41, 5.74) is -0.0748. The fourth-order valence-electron chi connectivity index (χ4n) is 2.16. The maximum Gasteiger partial charge on any atom is 0.258 e. The van der Waals surface area contributed by atoms with Gasteiger partial charge in [-0.1, -0.05) is 19.4 Å². The minimum absolute atomic E-state index is 0.0748. The van der Waals surface area contributed by atoms with Gasteiger partial charge in [-0.3, -0.25) is 4.79 Å². The summed E-state index contributed by atoms with van der Waals surface area (Å²) in [6.07, 6.45) is 2.52. The van der Waals surface area contributed by atoms with Crippen LogP contribution in [0.1, 0.15) is 36.5 Å². The van der Waals surface area contributed by atoms with Crippen LogP contribution in [0, 0.1) is 11.7 Å². The molecule has 0 aliphatic carbocycles. The van der Waals surface area contributed by atoms with Gasteiger partial charge in [-0.2, -0.15) is 0 Å². The van der Waals surface area contributed by atoms with E-state index in [1.165, 1.54) is 19.2 Å². The number of carbonyl (C=O) groups is 1. The standard InChI is InChI=1S/C15H22FNO3/c1-3-5-11(8-9-18)10-17-15(19)14-12(16)6-4-7-13(14)20-2/h4,6-7,11,18H,3,5,8-10H2,1-2H3,(H,17,19). The van der Waals surface area contributed by atoms with E-state index in [0.29, 0.717) is 13.0 Å². The summed E-state index contributed by atoms with van der Waals surface area (Å²) in [5.74, 6) is -0.668. The molecule has 112 valence electrons. The zero-order valence-electron chi connectivity index (χ0n) is 12.0. The van der Waals surface area contributed by atoms with Gasteiger partial charge in [0.25, 0.3) is 5.91 Å². The quantitative estimate of drug-likeness (QED) is 0.770. The molecule has 0 heterocycles. The predicted octanol–water partition coefficient (Wildman–Crippen LogP) is 2.36. The second kappa shape index (κ2) is 8.53. The van der Waals surface area contributed by atoms with Gasteiger partial charge in [-0.25, -0.2) is 4.39 Å². The van der Waals surface area contributed by atoms with Crippen LogP contribution >= 0.6 is 0 Å². The van der Waals surface area contributed by atoms with Crippen LogP contribution in [-0.4, -0.2) is 31.3 Å². The molecular formula is C15H22FNO3. The van der Waals surface area contributed by atoms with E-state index in [1.54, 1.807) is 6.07 Å². The van der Waals surface area contributed by atoms with Gasteiger partial charge >= 0.3 is 0 Å². The van der Waals surface area contributed by atoms with Crippen molar-refractivity contribution in [2.24, 2.45) is 5.92 Å². The van der Waals surface area contributed by atoms with E-state index in [1.807, 2.05) is 6.92 Å². The number of hydrogen-bond donors (Lipinski definition) is 2. The average Bonchev–Trinajstić information content (AvgIpc) is 2.44. The molecule has 20 heavy (non-hydrogen) atoms. The SMILES string of the molecule is CCCC(CCO)CNC(=O)c1c(F)cccc1OC. The Morgan fingerprint density at radius 3 is 2.80 bits per heavy atom. The summed E-state index contributed by atoms with van der Waals surface area (Å²) in [7, 11) is 1.40. The molecule has 0 saturated carbocycles. The number of nitrogens with one attached hydrogen (secondary N) is 1. The zero-order valence-corrected chi connectivity index (χ0v) is 12.0. The van der Waals surface area contributed by atoms with Crippen LogP contribution in [0.5, 0.6) is 5.75 Å². The molecule has 0 fully saturated rings. The smallest absolute Gasteiger partial charge is 0.258 e. The number of carbonyl (C=O) groups excluding carboxylic acids is 1. The first kappa shape index (κ1) is 16.4. The third-order valence-electron chi connectivity index (χ3n) is 3.21. The van der Waals surface area contributed by atoms with Gasteiger partial charge in [0.05, 0.1) is 7.11 Å². The van der Waals surface area contributed by atoms with Gasteiger partial charge in [-0.05, 0) is 30.9 Å². The van der Waals surface area contributed by atoms with Gasteiger partial charge in [-0.15, -0.1) is 0 Å². The van der Waals surface area contributed by atoms with Crippen molar-refractivity contribution in [3.05, 3.63) is 29.6 Å². The molecule has 0 aliphatic heterocycles. The average molecular weight is 283 g/mol. The number of rotatable bonds is 8. The monoisotopic (exact) mass is 283 g/mol. The molecule has 1 aromatic carbocycles. The van der Waals surface area contributed by atoms with E-state index < -0.39 is 11.7 Å². The predicted molar refractivity (Wildman–Crippen MR) is 75.4 cm³/mol. The highest BCUT2D eigenvalue weighted by molar-refractivity contribution is 5.97. The maximum atomic E-state index is 13.7. The van der Waals surface area contributed by atoms with Gasteiger partial charge < -0.3 is 15.2 Å². The molecule has 0 spiro atoms. The topological polar surface area (TPSA) is 58.6 Å². The first-order valence-electron chi connectivity index (χ1n) is 6.85. The van der Waals surface area contributed by atoms with Gasteiger partial charge in [0.1, 0.15) is 17.1 Å². The Bertz CT molecular complexity index is 431. The molecule has 0 bridgehead atoms. The summed E-state index contributed by atoms with van der Waals surface area (Å²) in [5, 5.41) is 11.7. The van der Waals surface area contributed by atoms with Crippen LogP contribution in [-0.2, 0) is 0 Å². The highest BCUT2D eigenvalue weighted by Crippen LogP contribution is 2.21. The van der Waals surface area contributed by atoms with E-state index in [9.17, 15) is 9.18 Å². The van der Waals surface area contributed by atoms with Gasteiger partial charge in [0.2, 0.25) is 0 Å². The van der Waals surface area contributed by atoms with Gasteiger partial charge in [0, 0.05) is 13.2 Å². The lowest BCUT2D eigenvalue weighted by Gasteiger charge is -2.16. The van der Waals surface area contributed by atoms with Crippen molar-refractivity contribution in [2.45, 2.75) is 26.2 Å². The molecular weight excluding hydrogens is 261 g/mol. The summed E-state index contributed by atoms with van der Waals surface area (Å²) in [6, 6.07) is 4.28. The van der Waals surface area contributed by atoms with E-state index in [-0.39, 0.29) is 23.8 Å². The van der Waals surface area contributed by atoms with Gasteiger partial charge in [0.15, 0.2) is 0 Å². The largest absolute Gasteiger partial charge is 0.496 e. The molecule has 0 saturated heterocycles. The lowest BCUT2D eigenvalue weighted by atomic mass is 10.00. The molecule has 0 aromatic heterocycles. The van der Waals surface area contributed by atoms with Crippen LogP contribution in [0.2, 0.25) is 0 Å². The number of halogens is 1. The molecule has 1 aromatic rings. The van der Waals surface area contributed by atoms with Crippen molar-refractivity contribution in [3.63, 3.8) is 0 Å². The molecule has 1 rings (SSSR count). The van der Waals surface area contributed by atoms with Crippen molar-refractivity contribution in [2.75, 3.05) is 20.3 Å². The lowest BCUT2D eigenvalue weighted by molar-refractivity contribution is 0.0935. The fourth-order valence-corrected chi connectivity index (χ4v) is 2.16. The first-order chi connectivity index (χ1) is 9.63. The molecule has 5 heteroatoms. The van der Waals surface area contributed by atoms with Crippen LogP contribution < -0.4 is 10.1 Å². The van der Waals surface area contributed by atoms with E-state index in [0.717, 1.165) is 12.8 Å². The highest BCUT2D eigenvalue weighted by atomic mass is 19.1. The molecule has 2 N–H and O–H groups in total. The molecule has 0 aliphatic rings. The summed E-state index contributed by atoms with van der Waals surface area (Å²) in [4.78, 5) is 12.1. The zero-order chi connectivity index (χ0) is 15.0. The molecule has 1 amide bonds. The van der Waals surface area contributed by atoms with Crippen molar-refractivity contribution in [3.8, 4) is 5.75 Å². The van der Waals surface area contributed by atoms with Crippen LogP contribution in [0.25, 0.3) is 0 Å². The summed E-state index contributed by atoms with van der Waals surface area (Å²) in [6.45, 7) is 2.56.